The number of thioether (sulfide) groups is 1. The number of carbonyl (C=O) groups is 2. The lowest BCUT2D eigenvalue weighted by Crippen LogP contribution is -2.54. The van der Waals surface area contributed by atoms with Crippen LogP contribution in [-0.4, -0.2) is 51.6 Å². The molecule has 1 fully saturated rings. The molecule has 3 atom stereocenters. The number of benzene rings is 2. The lowest BCUT2D eigenvalue weighted by molar-refractivity contribution is -0.145. The average Bonchev–Trinajstić information content (AvgIpc) is 3.21. The minimum Gasteiger partial charge on any atom is -0.382 e. The Morgan fingerprint density at radius 2 is 1.93 bits per heavy atom. The number of aliphatic hydroxyl groups excluding tert-OH is 1. The summed E-state index contributed by atoms with van der Waals surface area (Å²) >= 11 is 1.50. The molecule has 1 saturated heterocycles. The van der Waals surface area contributed by atoms with Crippen molar-refractivity contribution in [2.75, 3.05) is 11.6 Å². The summed E-state index contributed by atoms with van der Waals surface area (Å²) in [6.07, 6.45) is -0.958. The normalized spacial score (nSPS) is 18.3. The SMILES string of the molecule is Cc1cccc(CNC(=O)[C@@H]2CSCN2C(=O)[C@@H](O)[C@@H](N)Cc2ccccc2)c1. The monoisotopic (exact) mass is 413 g/mol. The van der Waals surface area contributed by atoms with Crippen molar-refractivity contribution in [3.63, 3.8) is 0 Å². The molecule has 7 heteroatoms. The fraction of sp³-hybridized carbons (Fsp3) is 0.364. The van der Waals surface area contributed by atoms with Gasteiger partial charge >= 0.3 is 0 Å². The van der Waals surface area contributed by atoms with E-state index in [2.05, 4.69) is 5.32 Å². The van der Waals surface area contributed by atoms with Crippen LogP contribution in [0.25, 0.3) is 0 Å². The van der Waals surface area contributed by atoms with Crippen LogP contribution in [0.4, 0.5) is 0 Å². The van der Waals surface area contributed by atoms with E-state index in [1.54, 1.807) is 0 Å². The van der Waals surface area contributed by atoms with Gasteiger partial charge < -0.3 is 21.1 Å². The number of nitrogens with one attached hydrogen (secondary N) is 1. The van der Waals surface area contributed by atoms with E-state index in [1.165, 1.54) is 16.7 Å². The number of nitrogens with zero attached hydrogens (tertiary/aromatic N) is 1. The van der Waals surface area contributed by atoms with E-state index in [-0.39, 0.29) is 5.91 Å². The zero-order chi connectivity index (χ0) is 20.8. The van der Waals surface area contributed by atoms with Crippen molar-refractivity contribution in [3.05, 3.63) is 71.3 Å². The minimum absolute atomic E-state index is 0.214. The second kappa shape index (κ2) is 9.91. The molecule has 4 N–H and O–H groups in total. The first kappa shape index (κ1) is 21.4. The van der Waals surface area contributed by atoms with Crippen molar-refractivity contribution >= 4 is 23.6 Å². The second-order valence-electron chi connectivity index (χ2n) is 7.33. The van der Waals surface area contributed by atoms with Crippen LogP contribution >= 0.6 is 11.8 Å². The molecule has 2 amide bonds. The summed E-state index contributed by atoms with van der Waals surface area (Å²) in [5.74, 6) is 0.172. The Kier molecular flexibility index (Phi) is 7.30. The lowest BCUT2D eigenvalue weighted by atomic mass is 10.0. The summed E-state index contributed by atoms with van der Waals surface area (Å²) in [7, 11) is 0. The van der Waals surface area contributed by atoms with Gasteiger partial charge in [0.15, 0.2) is 0 Å². The van der Waals surface area contributed by atoms with Crippen molar-refractivity contribution in [1.82, 2.24) is 10.2 Å². The van der Waals surface area contributed by atoms with Gasteiger partial charge in [0.05, 0.1) is 5.88 Å². The maximum absolute atomic E-state index is 12.8. The van der Waals surface area contributed by atoms with Crippen LogP contribution in [0.2, 0.25) is 0 Å². The molecule has 0 saturated carbocycles. The van der Waals surface area contributed by atoms with Gasteiger partial charge in [0.2, 0.25) is 5.91 Å². The number of aryl methyl sites for hydroxylation is 1. The molecule has 1 heterocycles. The van der Waals surface area contributed by atoms with E-state index in [0.29, 0.717) is 24.6 Å². The Morgan fingerprint density at radius 1 is 1.21 bits per heavy atom. The van der Waals surface area contributed by atoms with E-state index in [1.807, 2.05) is 61.5 Å². The van der Waals surface area contributed by atoms with Gasteiger partial charge in [-0.1, -0.05) is 60.2 Å². The predicted molar refractivity (Wildman–Crippen MR) is 115 cm³/mol. The highest BCUT2D eigenvalue weighted by molar-refractivity contribution is 7.99. The first-order valence-corrected chi connectivity index (χ1v) is 10.8. The molecular formula is C22H27N3O3S. The first-order valence-electron chi connectivity index (χ1n) is 9.65. The van der Waals surface area contributed by atoms with Crippen LogP contribution in [0, 0.1) is 6.92 Å². The van der Waals surface area contributed by atoms with E-state index >= 15 is 0 Å². The second-order valence-corrected chi connectivity index (χ2v) is 8.33. The number of nitrogens with two attached hydrogens (primary N) is 1. The van der Waals surface area contributed by atoms with Gasteiger partial charge in [-0.25, -0.2) is 0 Å². The molecule has 0 aliphatic carbocycles. The van der Waals surface area contributed by atoms with E-state index in [0.717, 1.165) is 16.7 Å². The van der Waals surface area contributed by atoms with Gasteiger partial charge in [-0.3, -0.25) is 9.59 Å². The van der Waals surface area contributed by atoms with Crippen molar-refractivity contribution in [3.8, 4) is 0 Å². The molecule has 29 heavy (non-hydrogen) atoms. The van der Waals surface area contributed by atoms with Crippen molar-refractivity contribution in [2.24, 2.45) is 5.73 Å². The van der Waals surface area contributed by atoms with Crippen molar-refractivity contribution in [1.29, 1.82) is 0 Å². The Labute approximate surface area is 175 Å². The number of aliphatic hydroxyl groups is 1. The zero-order valence-electron chi connectivity index (χ0n) is 16.5. The molecule has 0 bridgehead atoms. The molecule has 0 aromatic heterocycles. The molecule has 2 aromatic carbocycles. The summed E-state index contributed by atoms with van der Waals surface area (Å²) in [5, 5.41) is 13.4. The molecule has 0 radical (unpaired) electrons. The average molecular weight is 414 g/mol. The van der Waals surface area contributed by atoms with Gasteiger partial charge in [-0.05, 0) is 24.5 Å². The molecular weight excluding hydrogens is 386 g/mol. The number of carbonyl (C=O) groups excluding carboxylic acids is 2. The maximum atomic E-state index is 12.8. The van der Waals surface area contributed by atoms with Crippen LogP contribution in [0.5, 0.6) is 0 Å². The van der Waals surface area contributed by atoms with Crippen LogP contribution in [0.3, 0.4) is 0 Å². The van der Waals surface area contributed by atoms with Crippen LogP contribution < -0.4 is 11.1 Å². The maximum Gasteiger partial charge on any atom is 0.254 e. The summed E-state index contributed by atoms with van der Waals surface area (Å²) in [6, 6.07) is 16.1. The highest BCUT2D eigenvalue weighted by Crippen LogP contribution is 2.23. The van der Waals surface area contributed by atoms with Gasteiger partial charge in [-0.15, -0.1) is 11.8 Å². The van der Waals surface area contributed by atoms with Gasteiger partial charge in [0.25, 0.3) is 5.91 Å². The molecule has 1 aliphatic rings. The lowest BCUT2D eigenvalue weighted by Gasteiger charge is -2.27. The number of hydrogen-bond donors (Lipinski definition) is 3. The molecule has 1 aliphatic heterocycles. The molecule has 0 unspecified atom stereocenters. The quantitative estimate of drug-likeness (QED) is 0.638. The first-order chi connectivity index (χ1) is 14.0. The molecule has 3 rings (SSSR count). The molecule has 6 nitrogen and oxygen atoms in total. The molecule has 0 spiro atoms. The smallest absolute Gasteiger partial charge is 0.254 e. The topological polar surface area (TPSA) is 95.7 Å². The Bertz CT molecular complexity index is 846. The third-order valence-electron chi connectivity index (χ3n) is 4.99. The van der Waals surface area contributed by atoms with Gasteiger partial charge in [0.1, 0.15) is 12.1 Å². The van der Waals surface area contributed by atoms with E-state index in [9.17, 15) is 14.7 Å². The van der Waals surface area contributed by atoms with Crippen LogP contribution in [-0.2, 0) is 22.6 Å². The number of rotatable bonds is 7. The predicted octanol–water partition coefficient (Wildman–Crippen LogP) is 1.44. The minimum atomic E-state index is -1.35. The molecule has 154 valence electrons. The summed E-state index contributed by atoms with van der Waals surface area (Å²) in [4.78, 5) is 26.9. The highest BCUT2D eigenvalue weighted by Gasteiger charge is 2.38. The highest BCUT2D eigenvalue weighted by atomic mass is 32.2. The van der Waals surface area contributed by atoms with Gasteiger partial charge in [0, 0.05) is 18.3 Å². The summed E-state index contributed by atoms with van der Waals surface area (Å²) in [5.41, 5.74) is 9.17. The Hall–Kier alpha value is -2.35. The van der Waals surface area contributed by atoms with E-state index < -0.39 is 24.1 Å². The van der Waals surface area contributed by atoms with Gasteiger partial charge in [-0.2, -0.15) is 0 Å². The number of hydrogen-bond acceptors (Lipinski definition) is 5. The van der Waals surface area contributed by atoms with Crippen LogP contribution in [0.1, 0.15) is 16.7 Å². The van der Waals surface area contributed by atoms with Crippen LogP contribution in [0.15, 0.2) is 54.6 Å². The Morgan fingerprint density at radius 3 is 2.66 bits per heavy atom. The third kappa shape index (κ3) is 5.59. The number of amides is 2. The standard InChI is InChI=1S/C22H27N3O3S/c1-15-6-5-9-17(10-15)12-24-21(27)19-13-29-14-25(19)22(28)20(26)18(23)11-16-7-3-2-4-8-16/h2-10,18-20,26H,11-14,23H2,1H3,(H,24,27)/t18-,19-,20-/m0/s1. The zero-order valence-corrected chi connectivity index (χ0v) is 17.3. The van der Waals surface area contributed by atoms with Crippen molar-refractivity contribution < 1.29 is 14.7 Å². The summed E-state index contributed by atoms with van der Waals surface area (Å²) < 4.78 is 0. The largest absolute Gasteiger partial charge is 0.382 e. The van der Waals surface area contributed by atoms with E-state index in [4.69, 9.17) is 5.73 Å². The third-order valence-corrected chi connectivity index (χ3v) is 6.00. The Balaban J connectivity index is 1.58. The fourth-order valence-electron chi connectivity index (χ4n) is 3.36. The molecule has 2 aromatic rings. The fourth-order valence-corrected chi connectivity index (χ4v) is 4.52. The van der Waals surface area contributed by atoms with Crippen molar-refractivity contribution in [2.45, 2.75) is 38.1 Å². The summed E-state index contributed by atoms with van der Waals surface area (Å²) in [6.45, 7) is 2.40.